The quantitative estimate of drug-likeness (QED) is 0.883. The smallest absolute Gasteiger partial charge is 0.0611 e. The third-order valence-electron chi connectivity index (χ3n) is 3.79. The van der Waals surface area contributed by atoms with Gasteiger partial charge in [-0.1, -0.05) is 24.1 Å². The Kier molecular flexibility index (Phi) is 4.36. The van der Waals surface area contributed by atoms with Crippen molar-refractivity contribution in [2.45, 2.75) is 55.2 Å². The zero-order valence-electron chi connectivity index (χ0n) is 11.3. The SMILES string of the molecule is Cc1ccc(C)c(SC2CCCC(N)(CO)C2)c1. The molecule has 0 heterocycles. The minimum Gasteiger partial charge on any atom is -0.394 e. The molecule has 1 aliphatic carbocycles. The zero-order valence-corrected chi connectivity index (χ0v) is 12.1. The van der Waals surface area contributed by atoms with Crippen LogP contribution in [0.25, 0.3) is 0 Å². The molecule has 100 valence electrons. The summed E-state index contributed by atoms with van der Waals surface area (Å²) in [5.74, 6) is 0. The van der Waals surface area contributed by atoms with E-state index in [1.165, 1.54) is 22.4 Å². The van der Waals surface area contributed by atoms with Crippen LogP contribution in [0.2, 0.25) is 0 Å². The van der Waals surface area contributed by atoms with Crippen LogP contribution in [-0.4, -0.2) is 22.5 Å². The molecular weight excluding hydrogens is 242 g/mol. The fourth-order valence-electron chi connectivity index (χ4n) is 2.60. The normalized spacial score (nSPS) is 28.3. The first-order valence-corrected chi connectivity index (χ1v) is 7.54. The molecule has 18 heavy (non-hydrogen) atoms. The van der Waals surface area contributed by atoms with E-state index in [0.717, 1.165) is 19.3 Å². The predicted molar refractivity (Wildman–Crippen MR) is 78.0 cm³/mol. The van der Waals surface area contributed by atoms with Crippen LogP contribution in [0.5, 0.6) is 0 Å². The van der Waals surface area contributed by atoms with Gasteiger partial charge in [0.1, 0.15) is 0 Å². The highest BCUT2D eigenvalue weighted by Crippen LogP contribution is 2.38. The van der Waals surface area contributed by atoms with Crippen LogP contribution >= 0.6 is 11.8 Å². The molecule has 0 bridgehead atoms. The molecule has 1 aliphatic rings. The van der Waals surface area contributed by atoms with E-state index < -0.39 is 0 Å². The number of aliphatic hydroxyl groups is 1. The maximum atomic E-state index is 9.40. The molecule has 1 aromatic rings. The van der Waals surface area contributed by atoms with Gasteiger partial charge in [0.25, 0.3) is 0 Å². The van der Waals surface area contributed by atoms with Gasteiger partial charge in [-0.05, 0) is 44.7 Å². The van der Waals surface area contributed by atoms with Crippen molar-refractivity contribution in [2.75, 3.05) is 6.61 Å². The number of nitrogens with two attached hydrogens (primary N) is 1. The number of benzene rings is 1. The van der Waals surface area contributed by atoms with E-state index in [9.17, 15) is 5.11 Å². The van der Waals surface area contributed by atoms with Crippen LogP contribution in [0, 0.1) is 13.8 Å². The Hall–Kier alpha value is -0.510. The van der Waals surface area contributed by atoms with Crippen molar-refractivity contribution < 1.29 is 5.11 Å². The lowest BCUT2D eigenvalue weighted by Gasteiger charge is -2.36. The number of hydrogen-bond donors (Lipinski definition) is 2. The summed E-state index contributed by atoms with van der Waals surface area (Å²) in [6.07, 6.45) is 4.20. The minimum atomic E-state index is -0.354. The highest BCUT2D eigenvalue weighted by Gasteiger charge is 2.32. The second kappa shape index (κ2) is 5.64. The van der Waals surface area contributed by atoms with Crippen molar-refractivity contribution in [3.8, 4) is 0 Å². The predicted octanol–water partition coefficient (Wildman–Crippen LogP) is 3.03. The average molecular weight is 265 g/mol. The molecule has 0 saturated heterocycles. The molecule has 3 N–H and O–H groups in total. The molecule has 2 nitrogen and oxygen atoms in total. The molecule has 2 atom stereocenters. The molecule has 2 unspecified atom stereocenters. The van der Waals surface area contributed by atoms with Gasteiger partial charge in [0.15, 0.2) is 0 Å². The highest BCUT2D eigenvalue weighted by atomic mass is 32.2. The van der Waals surface area contributed by atoms with E-state index >= 15 is 0 Å². The third-order valence-corrected chi connectivity index (χ3v) is 5.22. The standard InChI is InChI=1S/C15H23NOS/c1-11-5-6-12(2)14(8-11)18-13-4-3-7-15(16,9-13)10-17/h5-6,8,13,17H,3-4,7,9-10,16H2,1-2H3. The number of hydrogen-bond acceptors (Lipinski definition) is 3. The summed E-state index contributed by atoms with van der Waals surface area (Å²) in [7, 11) is 0. The largest absolute Gasteiger partial charge is 0.394 e. The lowest BCUT2D eigenvalue weighted by molar-refractivity contribution is 0.159. The summed E-state index contributed by atoms with van der Waals surface area (Å²) >= 11 is 1.93. The number of aryl methyl sites for hydroxylation is 2. The van der Waals surface area contributed by atoms with Crippen LogP contribution in [-0.2, 0) is 0 Å². The zero-order chi connectivity index (χ0) is 13.2. The van der Waals surface area contributed by atoms with Gasteiger partial charge < -0.3 is 10.8 Å². The van der Waals surface area contributed by atoms with Gasteiger partial charge in [-0.2, -0.15) is 0 Å². The van der Waals surface area contributed by atoms with Crippen LogP contribution in [0.1, 0.15) is 36.8 Å². The summed E-state index contributed by atoms with van der Waals surface area (Å²) in [5, 5.41) is 9.94. The molecule has 0 aliphatic heterocycles. The lowest BCUT2D eigenvalue weighted by atomic mass is 9.83. The molecule has 0 spiro atoms. The molecule has 0 radical (unpaired) electrons. The second-order valence-electron chi connectivity index (χ2n) is 5.63. The molecular formula is C15H23NOS. The maximum Gasteiger partial charge on any atom is 0.0611 e. The summed E-state index contributed by atoms with van der Waals surface area (Å²) in [6.45, 7) is 4.40. The van der Waals surface area contributed by atoms with Crippen LogP contribution < -0.4 is 5.73 Å². The molecule has 3 heteroatoms. The van der Waals surface area contributed by atoms with Gasteiger partial charge in [0.2, 0.25) is 0 Å². The van der Waals surface area contributed by atoms with Crippen molar-refractivity contribution in [2.24, 2.45) is 5.73 Å². The Labute approximate surface area is 114 Å². The van der Waals surface area contributed by atoms with Gasteiger partial charge >= 0.3 is 0 Å². The van der Waals surface area contributed by atoms with E-state index in [1.54, 1.807) is 0 Å². The fraction of sp³-hybridized carbons (Fsp3) is 0.600. The Balaban J connectivity index is 2.07. The maximum absolute atomic E-state index is 9.40. The van der Waals surface area contributed by atoms with E-state index in [4.69, 9.17) is 5.73 Å². The molecule has 2 rings (SSSR count). The van der Waals surface area contributed by atoms with E-state index in [-0.39, 0.29) is 12.1 Å². The minimum absolute atomic E-state index is 0.108. The lowest BCUT2D eigenvalue weighted by Crippen LogP contribution is -2.48. The molecule has 1 aromatic carbocycles. The Morgan fingerprint density at radius 1 is 1.44 bits per heavy atom. The summed E-state index contributed by atoms with van der Waals surface area (Å²) in [6, 6.07) is 6.59. The van der Waals surface area contributed by atoms with Gasteiger partial charge in [0, 0.05) is 15.7 Å². The van der Waals surface area contributed by atoms with Crippen LogP contribution in [0.3, 0.4) is 0 Å². The van der Waals surface area contributed by atoms with E-state index in [1.807, 2.05) is 11.8 Å². The van der Waals surface area contributed by atoms with Crippen LogP contribution in [0.4, 0.5) is 0 Å². The third kappa shape index (κ3) is 3.28. The first-order chi connectivity index (χ1) is 8.52. The molecule has 1 saturated carbocycles. The highest BCUT2D eigenvalue weighted by molar-refractivity contribution is 8.00. The Morgan fingerprint density at radius 3 is 2.94 bits per heavy atom. The molecule has 0 aromatic heterocycles. The molecule has 0 amide bonds. The van der Waals surface area contributed by atoms with Crippen molar-refractivity contribution in [3.05, 3.63) is 29.3 Å². The number of rotatable bonds is 3. The van der Waals surface area contributed by atoms with Gasteiger partial charge in [0.05, 0.1) is 6.61 Å². The van der Waals surface area contributed by atoms with Crippen molar-refractivity contribution in [3.63, 3.8) is 0 Å². The number of aliphatic hydroxyl groups excluding tert-OH is 1. The Bertz CT molecular complexity index is 421. The van der Waals surface area contributed by atoms with Gasteiger partial charge in [-0.3, -0.25) is 0 Å². The molecule has 1 fully saturated rings. The van der Waals surface area contributed by atoms with E-state index in [2.05, 4.69) is 32.0 Å². The summed E-state index contributed by atoms with van der Waals surface area (Å²) in [5.41, 5.74) is 8.50. The first kappa shape index (κ1) is 13.9. The second-order valence-corrected chi connectivity index (χ2v) is 6.97. The van der Waals surface area contributed by atoms with Crippen molar-refractivity contribution in [1.29, 1.82) is 0 Å². The monoisotopic (exact) mass is 265 g/mol. The average Bonchev–Trinajstić information content (AvgIpc) is 2.34. The topological polar surface area (TPSA) is 46.2 Å². The van der Waals surface area contributed by atoms with Gasteiger partial charge in [-0.15, -0.1) is 11.8 Å². The number of thioether (sulfide) groups is 1. The Morgan fingerprint density at radius 2 is 2.22 bits per heavy atom. The summed E-state index contributed by atoms with van der Waals surface area (Å²) in [4.78, 5) is 1.36. The fourth-order valence-corrected chi connectivity index (χ4v) is 4.16. The van der Waals surface area contributed by atoms with Gasteiger partial charge in [-0.25, -0.2) is 0 Å². The van der Waals surface area contributed by atoms with E-state index in [0.29, 0.717) is 5.25 Å². The van der Waals surface area contributed by atoms with Crippen LogP contribution in [0.15, 0.2) is 23.1 Å². The first-order valence-electron chi connectivity index (χ1n) is 6.66. The summed E-state index contributed by atoms with van der Waals surface area (Å²) < 4.78 is 0. The van der Waals surface area contributed by atoms with Crippen molar-refractivity contribution >= 4 is 11.8 Å². The van der Waals surface area contributed by atoms with Crippen molar-refractivity contribution in [1.82, 2.24) is 0 Å².